The lowest BCUT2D eigenvalue weighted by atomic mass is 10.3. The zero-order chi connectivity index (χ0) is 8.36. The number of hydrogen-bond donors (Lipinski definition) is 0. The van der Waals surface area contributed by atoms with E-state index in [-0.39, 0.29) is 0 Å². The third-order valence-electron chi connectivity index (χ3n) is 0.970. The second-order valence-electron chi connectivity index (χ2n) is 1.88. The summed E-state index contributed by atoms with van der Waals surface area (Å²) in [5, 5.41) is 8.04. The Hall–Kier alpha value is -1.25. The summed E-state index contributed by atoms with van der Waals surface area (Å²) in [6.45, 7) is 4.79. The molecule has 0 heterocycles. The zero-order valence-electron chi connectivity index (χ0n) is 6.47. The highest BCUT2D eigenvalue weighted by Crippen LogP contribution is 1.87. The molecule has 0 saturated heterocycles. The number of ether oxygens (including phenoxy) is 1. The molecule has 0 bridgehead atoms. The minimum Gasteiger partial charge on any atom is -0.377 e. The molecule has 0 atom stereocenters. The Morgan fingerprint density at radius 3 is 3.00 bits per heavy atom. The average Bonchev–Trinajstić information content (AvgIpc) is 2.03. The summed E-state index contributed by atoms with van der Waals surface area (Å²) in [6.07, 6.45) is 3.31. The number of hydrogen-bond acceptors (Lipinski definition) is 2. The fourth-order valence-corrected chi connectivity index (χ4v) is 0.531. The van der Waals surface area contributed by atoms with Gasteiger partial charge in [-0.05, 0) is 6.42 Å². The second kappa shape index (κ2) is 8.75. The van der Waals surface area contributed by atoms with Crippen molar-refractivity contribution in [3.8, 4) is 17.9 Å². The van der Waals surface area contributed by atoms with Gasteiger partial charge in [0.1, 0.15) is 0 Å². The molecular formula is C9H11NO. The molecule has 0 aromatic heterocycles. The summed E-state index contributed by atoms with van der Waals surface area (Å²) in [5.41, 5.74) is 0. The van der Waals surface area contributed by atoms with Crippen molar-refractivity contribution >= 4 is 0 Å². The molecule has 0 aromatic rings. The molecule has 0 aliphatic rings. The van der Waals surface area contributed by atoms with Gasteiger partial charge in [0.05, 0.1) is 6.61 Å². The highest BCUT2D eigenvalue weighted by Gasteiger charge is 1.82. The van der Waals surface area contributed by atoms with Crippen LogP contribution in [0.1, 0.15) is 12.8 Å². The molecule has 0 aliphatic heterocycles. The Bertz CT molecular complexity index is 192. The van der Waals surface area contributed by atoms with Gasteiger partial charge in [0, 0.05) is 18.9 Å². The van der Waals surface area contributed by atoms with E-state index in [1.807, 2.05) is 0 Å². The molecule has 58 valence electrons. The van der Waals surface area contributed by atoms with Crippen LogP contribution in [-0.2, 0) is 4.74 Å². The highest BCUT2D eigenvalue weighted by atomic mass is 16.5. The second-order valence-corrected chi connectivity index (χ2v) is 1.88. The summed E-state index contributed by atoms with van der Waals surface area (Å²) in [5.74, 6) is 5.01. The van der Waals surface area contributed by atoms with E-state index < -0.39 is 0 Å². The summed E-state index contributed by atoms with van der Waals surface area (Å²) in [6, 6.07) is 1.75. The topological polar surface area (TPSA) is 33.0 Å². The van der Waals surface area contributed by atoms with Gasteiger partial charge in [0.15, 0.2) is 6.07 Å². The fraction of sp³-hybridized carbons (Fsp3) is 0.444. The predicted molar refractivity (Wildman–Crippen MR) is 43.6 cm³/mol. The van der Waals surface area contributed by atoms with Gasteiger partial charge in [-0.2, -0.15) is 5.26 Å². The van der Waals surface area contributed by atoms with Crippen molar-refractivity contribution < 1.29 is 4.74 Å². The van der Waals surface area contributed by atoms with E-state index in [2.05, 4.69) is 18.4 Å². The van der Waals surface area contributed by atoms with Gasteiger partial charge in [-0.25, -0.2) is 0 Å². The molecule has 0 amide bonds. The summed E-state index contributed by atoms with van der Waals surface area (Å²) in [7, 11) is 0. The van der Waals surface area contributed by atoms with Crippen LogP contribution < -0.4 is 0 Å². The first-order valence-corrected chi connectivity index (χ1v) is 3.47. The van der Waals surface area contributed by atoms with Crippen LogP contribution in [0.15, 0.2) is 12.7 Å². The van der Waals surface area contributed by atoms with E-state index in [0.29, 0.717) is 13.2 Å². The molecule has 11 heavy (non-hydrogen) atoms. The zero-order valence-corrected chi connectivity index (χ0v) is 6.47. The van der Waals surface area contributed by atoms with Gasteiger partial charge in [-0.3, -0.25) is 0 Å². The van der Waals surface area contributed by atoms with Crippen LogP contribution in [0.2, 0.25) is 0 Å². The largest absolute Gasteiger partial charge is 0.377 e. The van der Waals surface area contributed by atoms with Crippen molar-refractivity contribution in [2.45, 2.75) is 12.8 Å². The van der Waals surface area contributed by atoms with Crippen molar-refractivity contribution in [1.82, 2.24) is 0 Å². The Balaban J connectivity index is 3.03. The Labute approximate surface area is 67.5 Å². The van der Waals surface area contributed by atoms with Crippen molar-refractivity contribution in [3.63, 3.8) is 0 Å². The van der Waals surface area contributed by atoms with Gasteiger partial charge < -0.3 is 4.74 Å². The maximum Gasteiger partial charge on any atom is 0.152 e. The maximum atomic E-state index is 8.04. The molecule has 2 nitrogen and oxygen atoms in total. The molecule has 0 N–H and O–H groups in total. The van der Waals surface area contributed by atoms with E-state index in [4.69, 9.17) is 10.00 Å². The minimum atomic E-state index is 0.589. The quantitative estimate of drug-likeness (QED) is 0.337. The van der Waals surface area contributed by atoms with E-state index in [0.717, 1.165) is 12.8 Å². The molecule has 0 radical (unpaired) electrons. The molecule has 0 rings (SSSR count). The van der Waals surface area contributed by atoms with E-state index in [1.54, 1.807) is 12.1 Å². The third-order valence-corrected chi connectivity index (χ3v) is 0.970. The molecule has 0 unspecified atom stereocenters. The van der Waals surface area contributed by atoms with Crippen LogP contribution in [0.4, 0.5) is 0 Å². The standard InChI is InChI=1S/C9H11NO/c1-2-8-11-9-6-4-3-5-7-10/h2H,1,4,6,8-9H2. The molecule has 0 aliphatic carbocycles. The van der Waals surface area contributed by atoms with Gasteiger partial charge >= 0.3 is 0 Å². The molecule has 0 spiro atoms. The lowest BCUT2D eigenvalue weighted by Gasteiger charge is -1.95. The number of rotatable bonds is 5. The lowest BCUT2D eigenvalue weighted by Crippen LogP contribution is -1.92. The first kappa shape index (κ1) is 9.75. The van der Waals surface area contributed by atoms with Crippen molar-refractivity contribution in [2.75, 3.05) is 13.2 Å². The SMILES string of the molecule is C=CCOCCCC#CC#N. The van der Waals surface area contributed by atoms with Crippen LogP contribution in [0.25, 0.3) is 0 Å². The molecule has 2 heteroatoms. The first-order valence-electron chi connectivity index (χ1n) is 3.47. The maximum absolute atomic E-state index is 8.04. The van der Waals surface area contributed by atoms with E-state index >= 15 is 0 Å². The van der Waals surface area contributed by atoms with Crippen molar-refractivity contribution in [1.29, 1.82) is 5.26 Å². The molecule has 0 aromatic carbocycles. The monoisotopic (exact) mass is 149 g/mol. The smallest absolute Gasteiger partial charge is 0.152 e. The molecular weight excluding hydrogens is 138 g/mol. The molecule has 0 saturated carbocycles. The van der Waals surface area contributed by atoms with Gasteiger partial charge in [0.25, 0.3) is 0 Å². The van der Waals surface area contributed by atoms with Crippen molar-refractivity contribution in [3.05, 3.63) is 12.7 Å². The van der Waals surface area contributed by atoms with Crippen LogP contribution in [-0.4, -0.2) is 13.2 Å². The normalized spacial score (nSPS) is 7.55. The lowest BCUT2D eigenvalue weighted by molar-refractivity contribution is 0.161. The number of nitrogens with zero attached hydrogens (tertiary/aromatic N) is 1. The number of unbranched alkanes of at least 4 members (excludes halogenated alkanes) is 1. The number of nitriles is 1. The third kappa shape index (κ3) is 8.75. The Morgan fingerprint density at radius 1 is 1.55 bits per heavy atom. The van der Waals surface area contributed by atoms with Gasteiger partial charge in [0.2, 0.25) is 0 Å². The Morgan fingerprint density at radius 2 is 2.36 bits per heavy atom. The van der Waals surface area contributed by atoms with E-state index in [9.17, 15) is 0 Å². The first-order chi connectivity index (χ1) is 5.41. The van der Waals surface area contributed by atoms with Crippen LogP contribution >= 0.6 is 0 Å². The van der Waals surface area contributed by atoms with Crippen molar-refractivity contribution in [2.24, 2.45) is 0 Å². The fourth-order valence-electron chi connectivity index (χ4n) is 0.531. The predicted octanol–water partition coefficient (Wildman–Crippen LogP) is 1.50. The van der Waals surface area contributed by atoms with Crippen LogP contribution in [0, 0.1) is 23.2 Å². The summed E-state index contributed by atoms with van der Waals surface area (Å²) >= 11 is 0. The molecule has 0 fully saturated rings. The highest BCUT2D eigenvalue weighted by molar-refractivity contribution is 5.16. The van der Waals surface area contributed by atoms with Crippen LogP contribution in [0.5, 0.6) is 0 Å². The van der Waals surface area contributed by atoms with Gasteiger partial charge in [-0.1, -0.05) is 12.0 Å². The minimum absolute atomic E-state index is 0.589. The van der Waals surface area contributed by atoms with Crippen LogP contribution in [0.3, 0.4) is 0 Å². The van der Waals surface area contributed by atoms with Gasteiger partial charge in [-0.15, -0.1) is 6.58 Å². The Kier molecular flexibility index (Phi) is 7.76. The average molecular weight is 149 g/mol. The summed E-state index contributed by atoms with van der Waals surface area (Å²) < 4.78 is 5.09. The van der Waals surface area contributed by atoms with E-state index in [1.165, 1.54) is 0 Å². The summed E-state index contributed by atoms with van der Waals surface area (Å²) in [4.78, 5) is 0.